The quantitative estimate of drug-likeness (QED) is 0.688. The van der Waals surface area contributed by atoms with Crippen LogP contribution in [0.5, 0.6) is 0 Å². The SMILES string of the molecule is O=C(C=Cc1ccc(Cl)c(C(F)(F)F)c1)NCCS(=O)(=O)N1CCSCC1. The van der Waals surface area contributed by atoms with Crippen LogP contribution in [0.3, 0.4) is 0 Å². The third-order valence-corrected chi connectivity index (χ3v) is 6.89. The first-order valence-corrected chi connectivity index (χ1v) is 11.1. The average Bonchev–Trinajstić information content (AvgIpc) is 2.60. The van der Waals surface area contributed by atoms with Crippen LogP contribution in [-0.2, 0) is 21.0 Å². The topological polar surface area (TPSA) is 66.5 Å². The number of hydrogen-bond donors (Lipinski definition) is 1. The van der Waals surface area contributed by atoms with E-state index in [9.17, 15) is 26.4 Å². The van der Waals surface area contributed by atoms with Gasteiger partial charge in [-0.3, -0.25) is 4.79 Å². The Hall–Kier alpha value is -1.23. The second kappa shape index (κ2) is 9.31. The molecule has 0 bridgehead atoms. The van der Waals surface area contributed by atoms with Gasteiger partial charge in [-0.15, -0.1) is 0 Å². The maximum absolute atomic E-state index is 12.8. The summed E-state index contributed by atoms with van der Waals surface area (Å²) in [5, 5.41) is 1.99. The van der Waals surface area contributed by atoms with Gasteiger partial charge in [-0.1, -0.05) is 17.7 Å². The fourth-order valence-electron chi connectivity index (χ4n) is 2.35. The lowest BCUT2D eigenvalue weighted by atomic mass is 10.1. The Bertz CT molecular complexity index is 808. The van der Waals surface area contributed by atoms with Gasteiger partial charge in [-0.2, -0.15) is 24.9 Å². The third kappa shape index (κ3) is 6.70. The Morgan fingerprint density at radius 1 is 1.30 bits per heavy atom. The van der Waals surface area contributed by atoms with Crippen molar-refractivity contribution in [3.05, 3.63) is 40.4 Å². The Labute approximate surface area is 165 Å². The molecule has 0 unspecified atom stereocenters. The first kappa shape index (κ1) is 22.1. The van der Waals surface area contributed by atoms with Crippen molar-refractivity contribution in [2.45, 2.75) is 6.18 Å². The molecular formula is C16H18ClF3N2O3S2. The Morgan fingerprint density at radius 3 is 2.59 bits per heavy atom. The summed E-state index contributed by atoms with van der Waals surface area (Å²) >= 11 is 7.22. The van der Waals surface area contributed by atoms with Gasteiger partial charge in [-0.25, -0.2) is 12.7 Å². The molecule has 1 amide bonds. The Balaban J connectivity index is 1.88. The Morgan fingerprint density at radius 2 is 1.96 bits per heavy atom. The molecule has 5 nitrogen and oxygen atoms in total. The highest BCUT2D eigenvalue weighted by atomic mass is 35.5. The van der Waals surface area contributed by atoms with Gasteiger partial charge in [0.1, 0.15) is 0 Å². The lowest BCUT2D eigenvalue weighted by molar-refractivity contribution is -0.137. The molecule has 11 heteroatoms. The summed E-state index contributed by atoms with van der Waals surface area (Å²) in [4.78, 5) is 11.8. The van der Waals surface area contributed by atoms with E-state index < -0.39 is 32.7 Å². The van der Waals surface area contributed by atoms with Crippen molar-refractivity contribution in [1.29, 1.82) is 0 Å². The number of sulfonamides is 1. The van der Waals surface area contributed by atoms with E-state index in [1.165, 1.54) is 16.4 Å². The van der Waals surface area contributed by atoms with Crippen molar-refractivity contribution in [1.82, 2.24) is 9.62 Å². The smallest absolute Gasteiger partial charge is 0.351 e. The van der Waals surface area contributed by atoms with Gasteiger partial charge in [0.2, 0.25) is 15.9 Å². The van der Waals surface area contributed by atoms with Crippen molar-refractivity contribution in [3.8, 4) is 0 Å². The maximum Gasteiger partial charge on any atom is 0.417 e. The highest BCUT2D eigenvalue weighted by molar-refractivity contribution is 7.99. The first-order valence-electron chi connectivity index (χ1n) is 7.98. The molecule has 1 heterocycles. The molecule has 1 aromatic rings. The average molecular weight is 443 g/mol. The summed E-state index contributed by atoms with van der Waals surface area (Å²) in [6, 6.07) is 3.29. The number of amides is 1. The normalized spacial score (nSPS) is 16.6. The standard InChI is InChI=1S/C16H18ClF3N2O3S2/c17-14-3-1-12(11-13(14)16(18,19)20)2-4-15(23)21-5-10-27(24,25)22-6-8-26-9-7-22/h1-4,11H,5-10H2,(H,21,23). The van der Waals surface area contributed by atoms with Gasteiger partial charge in [0.05, 0.1) is 16.3 Å². The van der Waals surface area contributed by atoms with Crippen LogP contribution in [0.15, 0.2) is 24.3 Å². The van der Waals surface area contributed by atoms with E-state index in [1.807, 2.05) is 0 Å². The molecule has 1 N–H and O–H groups in total. The summed E-state index contributed by atoms with van der Waals surface area (Å²) in [6.07, 6.45) is -2.34. The molecule has 1 fully saturated rings. The van der Waals surface area contributed by atoms with Crippen LogP contribution in [0.25, 0.3) is 6.08 Å². The highest BCUT2D eigenvalue weighted by Gasteiger charge is 2.33. The van der Waals surface area contributed by atoms with Crippen LogP contribution in [-0.4, -0.2) is 55.5 Å². The molecule has 0 aromatic heterocycles. The van der Waals surface area contributed by atoms with Crippen molar-refractivity contribution in [2.24, 2.45) is 0 Å². The van der Waals surface area contributed by atoms with Crippen LogP contribution in [0.1, 0.15) is 11.1 Å². The number of thioether (sulfide) groups is 1. The van der Waals surface area contributed by atoms with E-state index in [0.29, 0.717) is 13.1 Å². The van der Waals surface area contributed by atoms with Gasteiger partial charge < -0.3 is 5.32 Å². The van der Waals surface area contributed by atoms with Gasteiger partial charge >= 0.3 is 6.18 Å². The molecule has 0 atom stereocenters. The minimum Gasteiger partial charge on any atom is -0.351 e. The summed E-state index contributed by atoms with van der Waals surface area (Å²) in [5.41, 5.74) is -0.835. The van der Waals surface area contributed by atoms with Crippen LogP contribution in [0, 0.1) is 0 Å². The van der Waals surface area contributed by atoms with Crippen molar-refractivity contribution < 1.29 is 26.4 Å². The second-order valence-corrected chi connectivity index (χ2v) is 9.41. The number of carbonyl (C=O) groups excluding carboxylic acids is 1. The summed E-state index contributed by atoms with van der Waals surface area (Å²) in [6.45, 7) is 0.835. The predicted octanol–water partition coefficient (Wildman–Crippen LogP) is 2.87. The van der Waals surface area contributed by atoms with Crippen molar-refractivity contribution in [3.63, 3.8) is 0 Å². The summed E-state index contributed by atoms with van der Waals surface area (Å²) in [7, 11) is -3.43. The van der Waals surface area contributed by atoms with Gasteiger partial charge in [0.15, 0.2) is 0 Å². The molecule has 2 rings (SSSR count). The molecule has 1 aliphatic heterocycles. The Kier molecular flexibility index (Phi) is 7.61. The lowest BCUT2D eigenvalue weighted by Gasteiger charge is -2.25. The zero-order chi connectivity index (χ0) is 20.1. The van der Waals surface area contributed by atoms with Gasteiger partial charge in [0, 0.05) is 37.2 Å². The van der Waals surface area contributed by atoms with E-state index in [-0.39, 0.29) is 17.9 Å². The molecule has 1 saturated heterocycles. The number of benzene rings is 1. The molecule has 27 heavy (non-hydrogen) atoms. The molecule has 0 radical (unpaired) electrons. The molecule has 0 spiro atoms. The highest BCUT2D eigenvalue weighted by Crippen LogP contribution is 2.35. The van der Waals surface area contributed by atoms with E-state index in [2.05, 4.69) is 5.32 Å². The lowest BCUT2D eigenvalue weighted by Crippen LogP contribution is -2.41. The largest absolute Gasteiger partial charge is 0.417 e. The van der Waals surface area contributed by atoms with E-state index in [1.54, 1.807) is 11.8 Å². The van der Waals surface area contributed by atoms with Crippen molar-refractivity contribution in [2.75, 3.05) is 36.9 Å². The number of hydrogen-bond acceptors (Lipinski definition) is 4. The second-order valence-electron chi connectivity index (χ2n) is 5.69. The van der Waals surface area contributed by atoms with Crippen LogP contribution in [0.2, 0.25) is 5.02 Å². The summed E-state index contributed by atoms with van der Waals surface area (Å²) in [5.74, 6) is 0.670. The maximum atomic E-state index is 12.8. The monoisotopic (exact) mass is 442 g/mol. The molecule has 0 saturated carbocycles. The molecule has 1 aromatic carbocycles. The van der Waals surface area contributed by atoms with E-state index >= 15 is 0 Å². The molecular weight excluding hydrogens is 425 g/mol. The van der Waals surface area contributed by atoms with Crippen LogP contribution < -0.4 is 5.32 Å². The predicted molar refractivity (Wildman–Crippen MR) is 101 cm³/mol. The number of nitrogens with zero attached hydrogens (tertiary/aromatic N) is 1. The van der Waals surface area contributed by atoms with E-state index in [4.69, 9.17) is 11.6 Å². The van der Waals surface area contributed by atoms with Gasteiger partial charge in [-0.05, 0) is 23.8 Å². The number of nitrogens with one attached hydrogen (secondary N) is 1. The number of halogens is 4. The zero-order valence-corrected chi connectivity index (χ0v) is 16.5. The molecule has 150 valence electrons. The zero-order valence-electron chi connectivity index (χ0n) is 14.1. The van der Waals surface area contributed by atoms with Crippen molar-refractivity contribution >= 4 is 45.4 Å². The van der Waals surface area contributed by atoms with Crippen LogP contribution >= 0.6 is 23.4 Å². The third-order valence-electron chi connectivity index (χ3n) is 3.75. The number of rotatable bonds is 6. The number of alkyl halides is 3. The fraction of sp³-hybridized carbons (Fsp3) is 0.438. The fourth-order valence-corrected chi connectivity index (χ4v) is 5.07. The van der Waals surface area contributed by atoms with E-state index in [0.717, 1.165) is 29.7 Å². The molecule has 0 aliphatic carbocycles. The van der Waals surface area contributed by atoms with Gasteiger partial charge in [0.25, 0.3) is 0 Å². The first-order chi connectivity index (χ1) is 12.6. The summed E-state index contributed by atoms with van der Waals surface area (Å²) < 4.78 is 64.1. The number of carbonyl (C=O) groups is 1. The minimum atomic E-state index is -4.59. The molecule has 1 aliphatic rings. The minimum absolute atomic E-state index is 0.0798. The van der Waals surface area contributed by atoms with Crippen LogP contribution in [0.4, 0.5) is 13.2 Å².